The van der Waals surface area contributed by atoms with E-state index < -0.39 is 15.9 Å². The summed E-state index contributed by atoms with van der Waals surface area (Å²) in [7, 11) is -2.04. The van der Waals surface area contributed by atoms with Crippen molar-refractivity contribution in [2.45, 2.75) is 38.3 Å². The number of carbonyl (C=O) groups excluding carboxylic acids is 2. The van der Waals surface area contributed by atoms with Crippen LogP contribution in [0.25, 0.3) is 0 Å². The number of likely N-dealkylation sites (tertiary alicyclic amines) is 1. The van der Waals surface area contributed by atoms with E-state index in [1.807, 2.05) is 0 Å². The number of halogens is 2. The highest BCUT2D eigenvalue weighted by Crippen LogP contribution is 2.30. The summed E-state index contributed by atoms with van der Waals surface area (Å²) in [5, 5.41) is 2.85. The van der Waals surface area contributed by atoms with Crippen LogP contribution in [0, 0.1) is 0 Å². The molecular weight excluding hydrogens is 579 g/mol. The molecule has 0 saturated carbocycles. The molecule has 1 aromatic heterocycles. The number of aromatic nitrogens is 2. The lowest BCUT2D eigenvalue weighted by molar-refractivity contribution is 0.0490. The highest BCUT2D eigenvalue weighted by Gasteiger charge is 2.35. The van der Waals surface area contributed by atoms with E-state index in [0.717, 1.165) is 32.1 Å². The Hall–Kier alpha value is -2.87. The minimum Gasteiger partial charge on any atom is -0.382 e. The zero-order valence-corrected chi connectivity index (χ0v) is 25.0. The molecule has 2 aromatic rings. The van der Waals surface area contributed by atoms with Gasteiger partial charge in [0.25, 0.3) is 11.8 Å². The number of carbonyl (C=O) groups is 2. The van der Waals surface area contributed by atoms with Crippen molar-refractivity contribution >= 4 is 62.4 Å². The second-order valence-corrected chi connectivity index (χ2v) is 12.5. The summed E-state index contributed by atoms with van der Waals surface area (Å²) in [4.78, 5) is 40.1. The number of anilines is 3. The molecule has 3 heterocycles. The Labute approximate surface area is 244 Å². The average molecular weight is 614 g/mol. The van der Waals surface area contributed by atoms with E-state index in [1.54, 1.807) is 11.0 Å². The second-order valence-electron chi connectivity index (χ2n) is 9.99. The highest BCUT2D eigenvalue weighted by atomic mass is 35.5. The molecule has 2 aliphatic heterocycles. The molecule has 0 bridgehead atoms. The Bertz CT molecular complexity index is 1390. The predicted molar refractivity (Wildman–Crippen MR) is 157 cm³/mol. The first kappa shape index (κ1) is 30.1. The third-order valence-corrected chi connectivity index (χ3v) is 8.51. The third-order valence-electron chi connectivity index (χ3n) is 7.33. The van der Waals surface area contributed by atoms with Crippen LogP contribution in [-0.2, 0) is 10.0 Å². The molecule has 1 aromatic carbocycles. The number of nitrogens with zero attached hydrogens (tertiary/aromatic N) is 5. The van der Waals surface area contributed by atoms with Gasteiger partial charge < -0.3 is 20.9 Å². The fourth-order valence-corrected chi connectivity index (χ4v) is 6.37. The highest BCUT2D eigenvalue weighted by molar-refractivity contribution is 7.92. The van der Waals surface area contributed by atoms with Gasteiger partial charge in [0.1, 0.15) is 0 Å². The van der Waals surface area contributed by atoms with Crippen molar-refractivity contribution in [3.05, 3.63) is 39.6 Å². The minimum atomic E-state index is -3.53. The number of hydrogen-bond donors (Lipinski definition) is 3. The minimum absolute atomic E-state index is 0.00437. The number of hydrogen-bond acceptors (Lipinski definition) is 9. The number of nitrogens with two attached hydrogens (primary N) is 1. The molecule has 1 atom stereocenters. The van der Waals surface area contributed by atoms with Gasteiger partial charge in [0.05, 0.1) is 17.0 Å². The van der Waals surface area contributed by atoms with Gasteiger partial charge in [0.15, 0.2) is 22.5 Å². The van der Waals surface area contributed by atoms with Gasteiger partial charge in [-0.2, -0.15) is 0 Å². The molecular formula is C25H34Cl2N8O4S. The molecule has 0 unspecified atom stereocenters. The number of nitrogens with one attached hydrogen (secondary N) is 2. The molecule has 0 radical (unpaired) electrons. The lowest BCUT2D eigenvalue weighted by atomic mass is 9.97. The first-order chi connectivity index (χ1) is 18.9. The first-order valence-corrected chi connectivity index (χ1v) is 15.7. The molecule has 12 nitrogen and oxygen atoms in total. The van der Waals surface area contributed by atoms with Crippen molar-refractivity contribution in [1.29, 1.82) is 0 Å². The molecule has 2 amide bonds. The Morgan fingerprint density at radius 1 is 1.12 bits per heavy atom. The number of sulfonamides is 1. The molecule has 15 heteroatoms. The normalized spacial score (nSPS) is 19.0. The average Bonchev–Trinajstić information content (AvgIpc) is 2.93. The van der Waals surface area contributed by atoms with Crippen molar-refractivity contribution < 1.29 is 18.0 Å². The van der Waals surface area contributed by atoms with Crippen molar-refractivity contribution in [1.82, 2.24) is 25.1 Å². The van der Waals surface area contributed by atoms with E-state index in [4.69, 9.17) is 28.9 Å². The van der Waals surface area contributed by atoms with Crippen LogP contribution in [-0.4, -0.2) is 98.1 Å². The quantitative estimate of drug-likeness (QED) is 0.427. The molecule has 2 fully saturated rings. The molecule has 0 aliphatic carbocycles. The Morgan fingerprint density at radius 2 is 1.82 bits per heavy atom. The molecule has 4 N–H and O–H groups in total. The van der Waals surface area contributed by atoms with Crippen LogP contribution in [0.4, 0.5) is 17.3 Å². The number of nitrogen functional groups attached to an aromatic ring is 1. The van der Waals surface area contributed by atoms with Gasteiger partial charge in [-0.25, -0.2) is 18.4 Å². The van der Waals surface area contributed by atoms with Gasteiger partial charge in [0, 0.05) is 57.4 Å². The second kappa shape index (κ2) is 12.3. The monoisotopic (exact) mass is 612 g/mol. The van der Waals surface area contributed by atoms with Crippen LogP contribution in [0.2, 0.25) is 10.2 Å². The van der Waals surface area contributed by atoms with Crippen molar-refractivity contribution in [3.63, 3.8) is 0 Å². The summed E-state index contributed by atoms with van der Waals surface area (Å²) < 4.78 is 25.7. The number of rotatable bonds is 7. The number of piperidine rings is 1. The van der Waals surface area contributed by atoms with Crippen LogP contribution < -0.4 is 20.7 Å². The third kappa shape index (κ3) is 6.70. The van der Waals surface area contributed by atoms with Crippen LogP contribution in [0.3, 0.4) is 0 Å². The number of benzene rings is 1. The Balaban J connectivity index is 1.39. The van der Waals surface area contributed by atoms with Crippen LogP contribution >= 0.6 is 23.2 Å². The maximum Gasteiger partial charge on any atom is 0.273 e. The van der Waals surface area contributed by atoms with E-state index in [-0.39, 0.29) is 39.3 Å². The van der Waals surface area contributed by atoms with Gasteiger partial charge >= 0.3 is 0 Å². The maximum absolute atomic E-state index is 13.2. The molecule has 0 spiro atoms. The Morgan fingerprint density at radius 3 is 2.45 bits per heavy atom. The molecule has 218 valence electrons. The van der Waals surface area contributed by atoms with E-state index in [1.165, 1.54) is 19.2 Å². The van der Waals surface area contributed by atoms with Crippen molar-refractivity contribution in [2.75, 3.05) is 61.4 Å². The smallest absolute Gasteiger partial charge is 0.273 e. The fourth-order valence-electron chi connectivity index (χ4n) is 5.33. The van der Waals surface area contributed by atoms with Gasteiger partial charge in [0.2, 0.25) is 10.0 Å². The van der Waals surface area contributed by atoms with E-state index in [9.17, 15) is 18.0 Å². The van der Waals surface area contributed by atoms with E-state index in [0.29, 0.717) is 43.6 Å². The summed E-state index contributed by atoms with van der Waals surface area (Å²) in [6.07, 6.45) is 3.58. The summed E-state index contributed by atoms with van der Waals surface area (Å²) in [5.41, 5.74) is 6.58. The SMILES string of the molecule is CC[C@H]1CN(c2nc(N)c(C(=O)NC)nc2Cl)CCN1C1CCN(C(=O)c2ccc(Cl)c(NS(C)(=O)=O)c2)CC1. The predicted octanol–water partition coefficient (Wildman–Crippen LogP) is 2.30. The van der Waals surface area contributed by atoms with Gasteiger partial charge in [-0.3, -0.25) is 19.2 Å². The largest absolute Gasteiger partial charge is 0.382 e. The molecule has 2 aliphatic rings. The van der Waals surface area contributed by atoms with E-state index in [2.05, 4.69) is 36.7 Å². The van der Waals surface area contributed by atoms with Crippen LogP contribution in [0.15, 0.2) is 18.2 Å². The van der Waals surface area contributed by atoms with Gasteiger partial charge in [-0.1, -0.05) is 30.1 Å². The van der Waals surface area contributed by atoms with Gasteiger partial charge in [-0.15, -0.1) is 0 Å². The van der Waals surface area contributed by atoms with Crippen molar-refractivity contribution in [3.8, 4) is 0 Å². The topological polar surface area (TPSA) is 154 Å². The van der Waals surface area contributed by atoms with Crippen LogP contribution in [0.5, 0.6) is 0 Å². The lowest BCUT2D eigenvalue weighted by Crippen LogP contribution is -2.58. The molecule has 2 saturated heterocycles. The summed E-state index contributed by atoms with van der Waals surface area (Å²) in [6.45, 7) is 5.45. The summed E-state index contributed by atoms with van der Waals surface area (Å²) in [5.74, 6) is -0.0969. The summed E-state index contributed by atoms with van der Waals surface area (Å²) in [6, 6.07) is 5.16. The standard InChI is InChI=1S/C25H34Cl2N8O4S/c1-4-16-14-34(23-21(27)30-20(22(28)31-23)24(36)29-2)11-12-35(16)17-7-9-33(10-8-17)25(37)15-5-6-18(26)19(13-15)32-40(3,38)39/h5-6,13,16-17,32H,4,7-12,14H2,1-3H3,(H2,28,31)(H,29,36)/t16-/m0/s1. The van der Waals surface area contributed by atoms with Crippen molar-refractivity contribution in [2.24, 2.45) is 0 Å². The maximum atomic E-state index is 13.2. The number of piperazine rings is 1. The molecule has 40 heavy (non-hydrogen) atoms. The summed E-state index contributed by atoms with van der Waals surface area (Å²) >= 11 is 12.5. The number of amides is 2. The van der Waals surface area contributed by atoms with Crippen LogP contribution in [0.1, 0.15) is 47.0 Å². The zero-order valence-electron chi connectivity index (χ0n) is 22.7. The zero-order chi connectivity index (χ0) is 29.2. The first-order valence-electron chi connectivity index (χ1n) is 13.0. The van der Waals surface area contributed by atoms with E-state index >= 15 is 0 Å². The molecule has 4 rings (SSSR count). The lowest BCUT2D eigenvalue weighted by Gasteiger charge is -2.47. The Kier molecular flexibility index (Phi) is 9.28. The fraction of sp³-hybridized carbons (Fsp3) is 0.520. The van der Waals surface area contributed by atoms with Gasteiger partial charge in [-0.05, 0) is 37.5 Å².